The maximum absolute atomic E-state index is 12.4. The lowest BCUT2D eigenvalue weighted by molar-refractivity contribution is 0.102. The van der Waals surface area contributed by atoms with Crippen LogP contribution in [-0.2, 0) is 0 Å². The van der Waals surface area contributed by atoms with E-state index in [0.29, 0.717) is 33.8 Å². The number of nitrogens with two attached hydrogens (primary N) is 1. The molecule has 0 unspecified atom stereocenters. The number of carbonyl (C=O) groups is 1. The molecule has 0 saturated heterocycles. The van der Waals surface area contributed by atoms with Crippen molar-refractivity contribution in [3.63, 3.8) is 0 Å². The van der Waals surface area contributed by atoms with Gasteiger partial charge in [-0.25, -0.2) is 4.98 Å². The molecule has 3 aromatic rings. The highest BCUT2D eigenvalue weighted by Crippen LogP contribution is 2.22. The first-order valence-electron chi connectivity index (χ1n) is 7.69. The van der Waals surface area contributed by atoms with Gasteiger partial charge in [-0.1, -0.05) is 0 Å². The number of aryl methyl sites for hydroxylation is 1. The van der Waals surface area contributed by atoms with Crippen LogP contribution >= 0.6 is 0 Å². The Morgan fingerprint density at radius 1 is 1.35 bits per heavy atom. The quantitative estimate of drug-likeness (QED) is 0.489. The van der Waals surface area contributed by atoms with Crippen molar-refractivity contribution in [1.29, 1.82) is 10.7 Å². The third kappa shape index (κ3) is 3.44. The summed E-state index contributed by atoms with van der Waals surface area (Å²) in [6, 6.07) is 11.6. The van der Waals surface area contributed by atoms with Crippen LogP contribution in [0, 0.1) is 23.7 Å². The molecule has 0 aliphatic carbocycles. The SMILES string of the molecule is Cc1cc(C#N)cc(C(=O)Nc2ccc(N)c(C(=N)c3ccoc3)c2)n1.[HH].[HH]. The molecule has 0 aliphatic rings. The van der Waals surface area contributed by atoms with Crippen molar-refractivity contribution < 1.29 is 12.1 Å². The fourth-order valence-corrected chi connectivity index (χ4v) is 2.46. The zero-order chi connectivity index (χ0) is 18.7. The van der Waals surface area contributed by atoms with E-state index in [1.165, 1.54) is 18.6 Å². The van der Waals surface area contributed by atoms with E-state index in [2.05, 4.69) is 10.3 Å². The second-order valence-electron chi connectivity index (χ2n) is 5.64. The molecule has 1 aromatic carbocycles. The highest BCUT2D eigenvalue weighted by molar-refractivity contribution is 6.14. The number of amides is 1. The number of carbonyl (C=O) groups excluding carboxylic acids is 1. The second-order valence-corrected chi connectivity index (χ2v) is 5.64. The van der Waals surface area contributed by atoms with Crippen LogP contribution in [0.2, 0.25) is 0 Å². The predicted octanol–water partition coefficient (Wildman–Crippen LogP) is 3.60. The first-order chi connectivity index (χ1) is 12.5. The Bertz CT molecular complexity index is 1040. The van der Waals surface area contributed by atoms with Crippen LogP contribution in [-0.4, -0.2) is 16.6 Å². The zero-order valence-corrected chi connectivity index (χ0v) is 13.9. The first-order valence-corrected chi connectivity index (χ1v) is 7.69. The van der Waals surface area contributed by atoms with Gasteiger partial charge in [0.15, 0.2) is 0 Å². The summed E-state index contributed by atoms with van der Waals surface area (Å²) in [6.07, 6.45) is 2.93. The maximum Gasteiger partial charge on any atom is 0.274 e. The smallest absolute Gasteiger partial charge is 0.274 e. The van der Waals surface area contributed by atoms with Crippen molar-refractivity contribution >= 4 is 23.0 Å². The summed E-state index contributed by atoms with van der Waals surface area (Å²) in [5.74, 6) is -0.448. The van der Waals surface area contributed by atoms with E-state index >= 15 is 0 Å². The Hall–Kier alpha value is -3.92. The molecule has 0 saturated carbocycles. The van der Waals surface area contributed by atoms with Gasteiger partial charge in [0.1, 0.15) is 5.69 Å². The Labute approximate surface area is 152 Å². The monoisotopic (exact) mass is 349 g/mol. The Morgan fingerprint density at radius 3 is 2.85 bits per heavy atom. The molecule has 7 nitrogen and oxygen atoms in total. The van der Waals surface area contributed by atoms with Gasteiger partial charge in [-0.2, -0.15) is 5.26 Å². The molecule has 7 heteroatoms. The van der Waals surface area contributed by atoms with Crippen molar-refractivity contribution in [2.45, 2.75) is 6.92 Å². The lowest BCUT2D eigenvalue weighted by Gasteiger charge is -2.10. The molecule has 2 aromatic heterocycles. The maximum atomic E-state index is 12.4. The molecule has 2 heterocycles. The van der Waals surface area contributed by atoms with E-state index in [1.807, 2.05) is 6.07 Å². The van der Waals surface area contributed by atoms with E-state index in [4.69, 9.17) is 20.8 Å². The Balaban J connectivity index is 0.00000196. The number of nitriles is 1. The molecular weight excluding hydrogens is 330 g/mol. The molecule has 0 radical (unpaired) electrons. The van der Waals surface area contributed by atoms with Gasteiger partial charge in [0, 0.05) is 31.0 Å². The summed E-state index contributed by atoms with van der Waals surface area (Å²) in [5.41, 5.74) is 9.17. The van der Waals surface area contributed by atoms with Gasteiger partial charge in [-0.15, -0.1) is 0 Å². The number of benzene rings is 1. The summed E-state index contributed by atoms with van der Waals surface area (Å²) < 4.78 is 5.00. The normalized spacial score (nSPS) is 10.2. The van der Waals surface area contributed by atoms with Gasteiger partial charge in [0.25, 0.3) is 5.91 Å². The van der Waals surface area contributed by atoms with Gasteiger partial charge in [-0.3, -0.25) is 10.2 Å². The van der Waals surface area contributed by atoms with Crippen LogP contribution in [0.3, 0.4) is 0 Å². The van der Waals surface area contributed by atoms with Crippen molar-refractivity contribution in [1.82, 2.24) is 4.98 Å². The Morgan fingerprint density at radius 2 is 2.15 bits per heavy atom. The number of nitrogens with zero attached hydrogens (tertiary/aromatic N) is 2. The summed E-state index contributed by atoms with van der Waals surface area (Å²) in [6.45, 7) is 1.71. The highest BCUT2D eigenvalue weighted by atomic mass is 16.3. The molecule has 0 fully saturated rings. The molecule has 132 valence electrons. The molecule has 0 atom stereocenters. The van der Waals surface area contributed by atoms with Crippen molar-refractivity contribution in [2.75, 3.05) is 11.1 Å². The first kappa shape index (κ1) is 16.9. The van der Waals surface area contributed by atoms with Crippen LogP contribution in [0.4, 0.5) is 11.4 Å². The number of anilines is 2. The average Bonchev–Trinajstić information content (AvgIpc) is 3.16. The van der Waals surface area contributed by atoms with Gasteiger partial charge >= 0.3 is 0 Å². The number of nitrogen functional groups attached to an aromatic ring is 1. The molecule has 0 aliphatic heterocycles. The molecule has 26 heavy (non-hydrogen) atoms. The molecule has 0 spiro atoms. The number of hydrogen-bond acceptors (Lipinski definition) is 6. The summed E-state index contributed by atoms with van der Waals surface area (Å²) in [7, 11) is 0. The third-order valence-electron chi connectivity index (χ3n) is 3.71. The van der Waals surface area contributed by atoms with Gasteiger partial charge in [0.2, 0.25) is 0 Å². The van der Waals surface area contributed by atoms with Crippen LogP contribution in [0.5, 0.6) is 0 Å². The second kappa shape index (κ2) is 6.91. The van der Waals surface area contributed by atoms with Gasteiger partial charge in [-0.05, 0) is 43.3 Å². The number of hydrogen-bond donors (Lipinski definition) is 3. The fourth-order valence-electron chi connectivity index (χ4n) is 2.46. The molecule has 1 amide bonds. The number of pyridine rings is 1. The fraction of sp³-hybridized carbons (Fsp3) is 0.0526. The largest absolute Gasteiger partial charge is 0.472 e. The summed E-state index contributed by atoms with van der Waals surface area (Å²) in [4.78, 5) is 16.6. The van der Waals surface area contributed by atoms with E-state index in [-0.39, 0.29) is 14.3 Å². The molecule has 3 rings (SSSR count). The standard InChI is InChI=1S/C19H15N5O2.2H2/c1-11-6-12(9-20)7-17(23-11)19(25)24-14-2-3-16(21)15(8-14)18(22)13-4-5-26-10-13;;/h2-8,10,22H,21H2,1H3,(H,24,25);2*1H. The number of furan rings is 1. The third-order valence-corrected chi connectivity index (χ3v) is 3.71. The van der Waals surface area contributed by atoms with Crippen LogP contribution in [0.25, 0.3) is 0 Å². The van der Waals surface area contributed by atoms with Crippen molar-refractivity contribution in [3.8, 4) is 6.07 Å². The van der Waals surface area contributed by atoms with Crippen LogP contribution < -0.4 is 11.1 Å². The minimum absolute atomic E-state index is 0. The number of nitrogens with one attached hydrogen (secondary N) is 2. The van der Waals surface area contributed by atoms with Gasteiger partial charge in [0.05, 0.1) is 29.9 Å². The summed E-state index contributed by atoms with van der Waals surface area (Å²) in [5, 5.41) is 20.0. The molecular formula is C19H19N5O2. The molecule has 0 bridgehead atoms. The topological polar surface area (TPSA) is 129 Å². The average molecular weight is 349 g/mol. The number of rotatable bonds is 4. The summed E-state index contributed by atoms with van der Waals surface area (Å²) >= 11 is 0. The lowest BCUT2D eigenvalue weighted by Crippen LogP contribution is -2.15. The lowest BCUT2D eigenvalue weighted by atomic mass is 10.0. The van der Waals surface area contributed by atoms with E-state index < -0.39 is 5.91 Å². The van der Waals surface area contributed by atoms with E-state index in [0.717, 1.165) is 0 Å². The van der Waals surface area contributed by atoms with Gasteiger partial charge < -0.3 is 15.5 Å². The van der Waals surface area contributed by atoms with E-state index in [1.54, 1.807) is 37.3 Å². The van der Waals surface area contributed by atoms with Crippen molar-refractivity contribution in [2.24, 2.45) is 0 Å². The van der Waals surface area contributed by atoms with Crippen LogP contribution in [0.15, 0.2) is 53.3 Å². The van der Waals surface area contributed by atoms with Crippen molar-refractivity contribution in [3.05, 3.63) is 77.0 Å². The highest BCUT2D eigenvalue weighted by Gasteiger charge is 2.14. The zero-order valence-electron chi connectivity index (χ0n) is 13.9. The Kier molecular flexibility index (Phi) is 4.50. The minimum Gasteiger partial charge on any atom is -0.472 e. The van der Waals surface area contributed by atoms with E-state index in [9.17, 15) is 4.79 Å². The minimum atomic E-state index is -0.448. The predicted molar refractivity (Wildman–Crippen MR) is 101 cm³/mol. The molecule has 4 N–H and O–H groups in total. The number of aromatic nitrogens is 1. The van der Waals surface area contributed by atoms with Crippen LogP contribution in [0.1, 0.15) is 35.7 Å².